The number of carbonyl (C=O) groups is 2. The molecule has 1 saturated heterocycles. The third kappa shape index (κ3) is 5.24. The van der Waals surface area contributed by atoms with Crippen LogP contribution in [0.2, 0.25) is 0 Å². The number of nitrogens with one attached hydrogen (secondary N) is 1. The Kier molecular flexibility index (Phi) is 7.20. The fourth-order valence-corrected chi connectivity index (χ4v) is 5.27. The first kappa shape index (κ1) is 23.8. The predicted octanol–water partition coefficient (Wildman–Crippen LogP) is 6.13. The van der Waals surface area contributed by atoms with Crippen LogP contribution in [0.4, 0.5) is 11.4 Å². The van der Waals surface area contributed by atoms with Crippen molar-refractivity contribution in [2.75, 3.05) is 10.2 Å². The summed E-state index contributed by atoms with van der Waals surface area (Å²) in [5.41, 5.74) is 4.32. The summed E-state index contributed by atoms with van der Waals surface area (Å²) in [6.07, 6.45) is 0.500. The van der Waals surface area contributed by atoms with Gasteiger partial charge >= 0.3 is 0 Å². The number of halogens is 1. The summed E-state index contributed by atoms with van der Waals surface area (Å²) in [6.45, 7) is 3.97. The standard InChI is InChI=1S/C27H22BrN3O2S/c1-17-6-10-21(11-7-17)30-25(32)23(16-29)27-31(22-12-8-20(28)9-13-22)26(33)24(34-27)15-19-5-3-4-18(2)14-19/h3-14,24H,15H2,1-2H3,(H,30,32)/b27-23-. The highest BCUT2D eigenvalue weighted by atomic mass is 79.9. The van der Waals surface area contributed by atoms with Crippen molar-refractivity contribution < 1.29 is 9.59 Å². The van der Waals surface area contributed by atoms with Crippen LogP contribution in [0.1, 0.15) is 16.7 Å². The topological polar surface area (TPSA) is 73.2 Å². The lowest BCUT2D eigenvalue weighted by Gasteiger charge is -2.19. The number of benzene rings is 3. The molecule has 3 aromatic rings. The summed E-state index contributed by atoms with van der Waals surface area (Å²) in [5, 5.41) is 12.6. The maximum Gasteiger partial charge on any atom is 0.269 e. The maximum atomic E-state index is 13.5. The van der Waals surface area contributed by atoms with E-state index in [0.717, 1.165) is 21.2 Å². The van der Waals surface area contributed by atoms with Crippen LogP contribution in [0, 0.1) is 25.2 Å². The normalized spacial score (nSPS) is 16.8. The van der Waals surface area contributed by atoms with Crippen LogP contribution >= 0.6 is 27.7 Å². The van der Waals surface area contributed by atoms with Crippen molar-refractivity contribution in [3.05, 3.63) is 105 Å². The van der Waals surface area contributed by atoms with Gasteiger partial charge < -0.3 is 5.32 Å². The number of hydrogen-bond acceptors (Lipinski definition) is 4. The molecule has 5 nitrogen and oxygen atoms in total. The Morgan fingerprint density at radius 2 is 1.76 bits per heavy atom. The average Bonchev–Trinajstić information content (AvgIpc) is 3.12. The van der Waals surface area contributed by atoms with Gasteiger partial charge in [0.2, 0.25) is 5.91 Å². The quantitative estimate of drug-likeness (QED) is 0.317. The van der Waals surface area contributed by atoms with E-state index >= 15 is 0 Å². The lowest BCUT2D eigenvalue weighted by molar-refractivity contribution is -0.117. The summed E-state index contributed by atoms with van der Waals surface area (Å²) in [6, 6.07) is 24.6. The van der Waals surface area contributed by atoms with Gasteiger partial charge in [0.25, 0.3) is 5.91 Å². The molecule has 7 heteroatoms. The molecule has 170 valence electrons. The Balaban J connectivity index is 1.72. The molecule has 0 spiro atoms. The molecule has 34 heavy (non-hydrogen) atoms. The average molecular weight is 532 g/mol. The van der Waals surface area contributed by atoms with E-state index in [1.54, 1.807) is 24.3 Å². The van der Waals surface area contributed by atoms with E-state index in [9.17, 15) is 14.9 Å². The number of thioether (sulfide) groups is 1. The lowest BCUT2D eigenvalue weighted by atomic mass is 10.1. The first-order valence-electron chi connectivity index (χ1n) is 10.7. The second-order valence-electron chi connectivity index (χ2n) is 8.06. The molecule has 0 saturated carbocycles. The van der Waals surface area contributed by atoms with Gasteiger partial charge in [0.1, 0.15) is 16.7 Å². The molecule has 1 aliphatic rings. The van der Waals surface area contributed by atoms with Crippen molar-refractivity contribution >= 4 is 50.9 Å². The van der Waals surface area contributed by atoms with Crippen molar-refractivity contribution in [1.29, 1.82) is 5.26 Å². The van der Waals surface area contributed by atoms with Gasteiger partial charge in [-0.1, -0.05) is 75.2 Å². The zero-order chi connectivity index (χ0) is 24.2. The van der Waals surface area contributed by atoms with Gasteiger partial charge in [-0.15, -0.1) is 0 Å². The molecule has 1 unspecified atom stereocenters. The molecular weight excluding hydrogens is 510 g/mol. The van der Waals surface area contributed by atoms with Crippen molar-refractivity contribution in [3.63, 3.8) is 0 Å². The van der Waals surface area contributed by atoms with Crippen molar-refractivity contribution in [1.82, 2.24) is 0 Å². The Bertz CT molecular complexity index is 1310. The van der Waals surface area contributed by atoms with Gasteiger partial charge in [-0.05, 0) is 62.2 Å². The molecule has 1 heterocycles. The lowest BCUT2D eigenvalue weighted by Crippen LogP contribution is -2.30. The Morgan fingerprint density at radius 3 is 2.41 bits per heavy atom. The molecule has 0 aromatic heterocycles. The van der Waals surface area contributed by atoms with Gasteiger partial charge in [0.15, 0.2) is 0 Å². The molecule has 1 atom stereocenters. The van der Waals surface area contributed by atoms with Crippen LogP contribution in [0.3, 0.4) is 0 Å². The maximum absolute atomic E-state index is 13.5. The Morgan fingerprint density at radius 1 is 1.06 bits per heavy atom. The molecule has 0 aliphatic carbocycles. The smallest absolute Gasteiger partial charge is 0.269 e. The fourth-order valence-electron chi connectivity index (χ4n) is 3.70. The van der Waals surface area contributed by atoms with Crippen LogP contribution < -0.4 is 10.2 Å². The van der Waals surface area contributed by atoms with Crippen molar-refractivity contribution in [3.8, 4) is 6.07 Å². The summed E-state index contributed by atoms with van der Waals surface area (Å²) in [4.78, 5) is 28.2. The summed E-state index contributed by atoms with van der Waals surface area (Å²) in [5.74, 6) is -0.695. The fraction of sp³-hybridized carbons (Fsp3) is 0.148. The first-order chi connectivity index (χ1) is 16.4. The van der Waals surface area contributed by atoms with E-state index in [2.05, 4.69) is 27.3 Å². The Hall–Kier alpha value is -3.34. The predicted molar refractivity (Wildman–Crippen MR) is 140 cm³/mol. The minimum Gasteiger partial charge on any atom is -0.321 e. The number of nitrogens with zero attached hydrogens (tertiary/aromatic N) is 2. The number of nitriles is 1. The molecule has 1 N–H and O–H groups in total. The van der Waals surface area contributed by atoms with Gasteiger partial charge in [0.05, 0.1) is 5.25 Å². The van der Waals surface area contributed by atoms with Crippen LogP contribution in [0.15, 0.2) is 87.9 Å². The van der Waals surface area contributed by atoms with E-state index in [-0.39, 0.29) is 11.5 Å². The largest absolute Gasteiger partial charge is 0.321 e. The Labute approximate surface area is 211 Å². The molecular formula is C27H22BrN3O2S. The highest BCUT2D eigenvalue weighted by molar-refractivity contribution is 9.10. The zero-order valence-electron chi connectivity index (χ0n) is 18.7. The molecule has 1 fully saturated rings. The highest BCUT2D eigenvalue weighted by Gasteiger charge is 2.40. The second kappa shape index (κ2) is 10.3. The van der Waals surface area contributed by atoms with Crippen molar-refractivity contribution in [2.45, 2.75) is 25.5 Å². The van der Waals surface area contributed by atoms with Gasteiger partial charge in [-0.2, -0.15) is 5.26 Å². The van der Waals surface area contributed by atoms with E-state index in [1.807, 2.05) is 62.4 Å². The molecule has 3 aromatic carbocycles. The van der Waals surface area contributed by atoms with E-state index in [1.165, 1.54) is 16.7 Å². The van der Waals surface area contributed by atoms with Crippen LogP contribution in [0.5, 0.6) is 0 Å². The minimum absolute atomic E-state index is 0.0893. The third-order valence-electron chi connectivity index (χ3n) is 5.40. The zero-order valence-corrected chi connectivity index (χ0v) is 21.1. The summed E-state index contributed by atoms with van der Waals surface area (Å²) < 4.78 is 0.870. The van der Waals surface area contributed by atoms with Crippen LogP contribution in [0.25, 0.3) is 0 Å². The molecule has 4 rings (SSSR count). The van der Waals surface area contributed by atoms with Gasteiger partial charge in [-0.25, -0.2) is 0 Å². The molecule has 2 amide bonds. The van der Waals surface area contributed by atoms with Crippen molar-refractivity contribution in [2.24, 2.45) is 0 Å². The van der Waals surface area contributed by atoms with Gasteiger partial charge in [0, 0.05) is 15.8 Å². The number of rotatable bonds is 5. The molecule has 0 radical (unpaired) electrons. The third-order valence-corrected chi connectivity index (χ3v) is 7.19. The van der Waals surface area contributed by atoms with E-state index in [4.69, 9.17) is 0 Å². The van der Waals surface area contributed by atoms with Crippen LogP contribution in [-0.4, -0.2) is 17.1 Å². The summed E-state index contributed by atoms with van der Waals surface area (Å²) in [7, 11) is 0. The number of carbonyl (C=O) groups excluding carboxylic acids is 2. The highest BCUT2D eigenvalue weighted by Crippen LogP contribution is 2.42. The van der Waals surface area contributed by atoms with Gasteiger partial charge in [-0.3, -0.25) is 14.5 Å². The summed E-state index contributed by atoms with van der Waals surface area (Å²) >= 11 is 4.68. The van der Waals surface area contributed by atoms with E-state index in [0.29, 0.717) is 22.8 Å². The monoisotopic (exact) mass is 531 g/mol. The number of aryl methyl sites for hydroxylation is 2. The molecule has 1 aliphatic heterocycles. The number of anilines is 2. The first-order valence-corrected chi connectivity index (χ1v) is 12.4. The SMILES string of the molecule is Cc1ccc(NC(=O)/C(C#N)=C2\SC(Cc3cccc(C)c3)C(=O)N2c2ccc(Br)cc2)cc1. The second-order valence-corrected chi connectivity index (χ2v) is 10.2. The number of amides is 2. The number of hydrogen-bond donors (Lipinski definition) is 1. The van der Waals surface area contributed by atoms with E-state index < -0.39 is 11.2 Å². The van der Waals surface area contributed by atoms with Crippen LogP contribution in [-0.2, 0) is 16.0 Å². The minimum atomic E-state index is -0.542. The molecule has 0 bridgehead atoms.